The van der Waals surface area contributed by atoms with Gasteiger partial charge in [-0.05, 0) is 25.7 Å². The van der Waals surface area contributed by atoms with Crippen molar-refractivity contribution in [2.24, 2.45) is 11.1 Å². The molecule has 2 aliphatic rings. The molecule has 0 aromatic rings. The molecule has 2 heterocycles. The van der Waals surface area contributed by atoms with Crippen LogP contribution in [0.2, 0.25) is 0 Å². The van der Waals surface area contributed by atoms with E-state index in [0.29, 0.717) is 32.6 Å². The molecule has 7 heteroatoms. The molecule has 2 rings (SSSR count). The van der Waals surface area contributed by atoms with E-state index in [-0.39, 0.29) is 23.7 Å². The first-order valence-electron chi connectivity index (χ1n) is 7.29. The molecule has 0 radical (unpaired) electrons. The third-order valence-electron chi connectivity index (χ3n) is 4.32. The van der Waals surface area contributed by atoms with Gasteiger partial charge >= 0.3 is 0 Å². The Balaban J connectivity index is 2.14. The molecule has 2 fully saturated rings. The topological polar surface area (TPSA) is 75.9 Å². The second kappa shape index (κ2) is 5.53. The predicted molar refractivity (Wildman–Crippen MR) is 78.4 cm³/mol. The van der Waals surface area contributed by atoms with Crippen LogP contribution < -0.4 is 5.73 Å². The van der Waals surface area contributed by atoms with E-state index in [1.807, 2.05) is 27.7 Å². The molecule has 2 saturated heterocycles. The zero-order chi connectivity index (χ0) is 15.1. The van der Waals surface area contributed by atoms with Gasteiger partial charge in [-0.15, -0.1) is 0 Å². The summed E-state index contributed by atoms with van der Waals surface area (Å²) in [4.78, 5) is 0. The van der Waals surface area contributed by atoms with Gasteiger partial charge in [0, 0.05) is 32.2 Å². The van der Waals surface area contributed by atoms with Gasteiger partial charge in [-0.2, -0.15) is 17.0 Å². The molecule has 0 aromatic heterocycles. The summed E-state index contributed by atoms with van der Waals surface area (Å²) in [6, 6.07) is 0.0523. The summed E-state index contributed by atoms with van der Waals surface area (Å²) in [5.41, 5.74) is 5.90. The third-order valence-corrected chi connectivity index (χ3v) is 6.23. The molecule has 0 spiro atoms. The van der Waals surface area contributed by atoms with E-state index in [4.69, 9.17) is 10.5 Å². The van der Waals surface area contributed by atoms with Crippen LogP contribution in [0, 0.1) is 5.41 Å². The summed E-state index contributed by atoms with van der Waals surface area (Å²) in [7, 11) is -3.41. The molecule has 3 unspecified atom stereocenters. The quantitative estimate of drug-likeness (QED) is 0.801. The van der Waals surface area contributed by atoms with E-state index < -0.39 is 10.2 Å². The van der Waals surface area contributed by atoms with Gasteiger partial charge < -0.3 is 10.5 Å². The minimum Gasteiger partial charge on any atom is -0.373 e. The number of ether oxygens (including phenoxy) is 1. The average molecular weight is 305 g/mol. The number of piperidine rings is 1. The van der Waals surface area contributed by atoms with Crippen LogP contribution in [0.15, 0.2) is 0 Å². The fourth-order valence-electron chi connectivity index (χ4n) is 3.00. The largest absolute Gasteiger partial charge is 0.373 e. The molecule has 0 bridgehead atoms. The van der Waals surface area contributed by atoms with E-state index in [1.54, 1.807) is 8.61 Å². The first-order valence-corrected chi connectivity index (χ1v) is 8.69. The highest BCUT2D eigenvalue weighted by molar-refractivity contribution is 7.86. The Kier molecular flexibility index (Phi) is 4.47. The van der Waals surface area contributed by atoms with E-state index in [2.05, 4.69) is 0 Å². The van der Waals surface area contributed by atoms with Crippen molar-refractivity contribution in [2.45, 2.75) is 52.4 Å². The van der Waals surface area contributed by atoms with Gasteiger partial charge in [-0.3, -0.25) is 0 Å². The first kappa shape index (κ1) is 16.2. The number of rotatable bonds is 2. The van der Waals surface area contributed by atoms with Gasteiger partial charge in [0.2, 0.25) is 0 Å². The molecule has 118 valence electrons. The number of hydrogen-bond donors (Lipinski definition) is 1. The minimum absolute atomic E-state index is 0.0523. The summed E-state index contributed by atoms with van der Waals surface area (Å²) in [5, 5.41) is 0. The lowest BCUT2D eigenvalue weighted by atomic mass is 9.81. The fraction of sp³-hybridized carbons (Fsp3) is 1.00. The summed E-state index contributed by atoms with van der Waals surface area (Å²) < 4.78 is 34.3. The maximum atomic E-state index is 12.8. The van der Waals surface area contributed by atoms with E-state index in [0.717, 1.165) is 0 Å². The van der Waals surface area contributed by atoms with Crippen LogP contribution in [-0.4, -0.2) is 61.5 Å². The first-order chi connectivity index (χ1) is 9.13. The lowest BCUT2D eigenvalue weighted by Crippen LogP contribution is -2.59. The molecular formula is C13H27N3O3S. The van der Waals surface area contributed by atoms with Crippen molar-refractivity contribution >= 4 is 10.2 Å². The van der Waals surface area contributed by atoms with Crippen LogP contribution >= 0.6 is 0 Å². The molecule has 20 heavy (non-hydrogen) atoms. The van der Waals surface area contributed by atoms with E-state index >= 15 is 0 Å². The smallest absolute Gasteiger partial charge is 0.282 e. The van der Waals surface area contributed by atoms with Gasteiger partial charge in [0.25, 0.3) is 10.2 Å². The van der Waals surface area contributed by atoms with Crippen LogP contribution in [-0.2, 0) is 14.9 Å². The van der Waals surface area contributed by atoms with Crippen molar-refractivity contribution in [2.75, 3.05) is 26.2 Å². The standard InChI is InChI=1S/C13H27N3O3S/c1-10-7-16(8-11(2)19-10)20(17,18)15-6-5-12(14)13(3,4)9-15/h10-12H,5-9,14H2,1-4H3. The number of hydrogen-bond acceptors (Lipinski definition) is 4. The van der Waals surface area contributed by atoms with Crippen molar-refractivity contribution in [3.8, 4) is 0 Å². The highest BCUT2D eigenvalue weighted by atomic mass is 32.2. The lowest BCUT2D eigenvalue weighted by Gasteiger charge is -2.44. The molecule has 2 aliphatic heterocycles. The zero-order valence-corrected chi connectivity index (χ0v) is 13.7. The Bertz CT molecular complexity index is 442. The van der Waals surface area contributed by atoms with E-state index in [9.17, 15) is 8.42 Å². The third kappa shape index (κ3) is 3.17. The maximum absolute atomic E-state index is 12.8. The van der Waals surface area contributed by atoms with Gasteiger partial charge in [0.1, 0.15) is 0 Å². The number of nitrogens with two attached hydrogens (primary N) is 1. The summed E-state index contributed by atoms with van der Waals surface area (Å²) in [6.45, 7) is 9.73. The van der Waals surface area contributed by atoms with Gasteiger partial charge in [-0.1, -0.05) is 13.8 Å². The number of nitrogens with zero attached hydrogens (tertiary/aromatic N) is 2. The Morgan fingerprint density at radius 1 is 1.15 bits per heavy atom. The lowest BCUT2D eigenvalue weighted by molar-refractivity contribution is -0.0460. The van der Waals surface area contributed by atoms with Crippen LogP contribution in [0.5, 0.6) is 0 Å². The highest BCUT2D eigenvalue weighted by Gasteiger charge is 2.42. The maximum Gasteiger partial charge on any atom is 0.282 e. The second-order valence-electron chi connectivity index (χ2n) is 6.80. The average Bonchev–Trinajstić information content (AvgIpc) is 2.31. The Labute approximate surface area is 122 Å². The second-order valence-corrected chi connectivity index (χ2v) is 8.73. The monoisotopic (exact) mass is 305 g/mol. The summed E-state index contributed by atoms with van der Waals surface area (Å²) in [6.07, 6.45) is 0.587. The predicted octanol–water partition coefficient (Wildman–Crippen LogP) is 0.400. The zero-order valence-electron chi connectivity index (χ0n) is 12.9. The van der Waals surface area contributed by atoms with Crippen LogP contribution in [0.4, 0.5) is 0 Å². The molecule has 0 aliphatic carbocycles. The Hall–Kier alpha value is -0.210. The van der Waals surface area contributed by atoms with Gasteiger partial charge in [0.05, 0.1) is 12.2 Å². The van der Waals surface area contributed by atoms with Crippen molar-refractivity contribution in [3.05, 3.63) is 0 Å². The number of morpholine rings is 1. The van der Waals surface area contributed by atoms with Crippen LogP contribution in [0.1, 0.15) is 34.1 Å². The Morgan fingerprint density at radius 2 is 1.70 bits per heavy atom. The van der Waals surface area contributed by atoms with Gasteiger partial charge in [0.15, 0.2) is 0 Å². The summed E-state index contributed by atoms with van der Waals surface area (Å²) >= 11 is 0. The van der Waals surface area contributed by atoms with Crippen molar-refractivity contribution < 1.29 is 13.2 Å². The molecule has 0 saturated carbocycles. The molecule has 3 atom stereocenters. The molecular weight excluding hydrogens is 278 g/mol. The highest BCUT2D eigenvalue weighted by Crippen LogP contribution is 2.30. The normalized spacial score (nSPS) is 37.0. The minimum atomic E-state index is -3.41. The van der Waals surface area contributed by atoms with Crippen LogP contribution in [0.25, 0.3) is 0 Å². The molecule has 2 N–H and O–H groups in total. The van der Waals surface area contributed by atoms with Gasteiger partial charge in [-0.25, -0.2) is 0 Å². The van der Waals surface area contributed by atoms with Crippen molar-refractivity contribution in [3.63, 3.8) is 0 Å². The van der Waals surface area contributed by atoms with E-state index in [1.165, 1.54) is 0 Å². The molecule has 0 amide bonds. The fourth-order valence-corrected chi connectivity index (χ4v) is 4.96. The molecule has 0 aromatic carbocycles. The van der Waals surface area contributed by atoms with Crippen molar-refractivity contribution in [1.29, 1.82) is 0 Å². The SMILES string of the molecule is CC1CN(S(=O)(=O)N2CCC(N)C(C)(C)C2)CC(C)O1. The van der Waals surface area contributed by atoms with Crippen molar-refractivity contribution in [1.82, 2.24) is 8.61 Å². The van der Waals surface area contributed by atoms with Crippen LogP contribution in [0.3, 0.4) is 0 Å². The summed E-state index contributed by atoms with van der Waals surface area (Å²) in [5.74, 6) is 0. The molecule has 6 nitrogen and oxygen atoms in total. The Morgan fingerprint density at radius 3 is 2.20 bits per heavy atom.